The van der Waals surface area contributed by atoms with Gasteiger partial charge in [0.15, 0.2) is 0 Å². The Balaban J connectivity index is 2.51. The van der Waals surface area contributed by atoms with E-state index in [9.17, 15) is 5.26 Å². The molecule has 0 saturated carbocycles. The summed E-state index contributed by atoms with van der Waals surface area (Å²) in [5.74, 6) is 1.39. The van der Waals surface area contributed by atoms with Crippen LogP contribution in [0.3, 0.4) is 0 Å². The summed E-state index contributed by atoms with van der Waals surface area (Å²) in [7, 11) is 0. The van der Waals surface area contributed by atoms with Crippen LogP contribution in [0.2, 0.25) is 0 Å². The zero-order valence-corrected chi connectivity index (χ0v) is 13.8. The van der Waals surface area contributed by atoms with E-state index in [-0.39, 0.29) is 5.60 Å². The van der Waals surface area contributed by atoms with E-state index >= 15 is 0 Å². The second-order valence-corrected chi connectivity index (χ2v) is 6.78. The molecule has 0 unspecified atom stereocenters. The molecule has 0 saturated heterocycles. The van der Waals surface area contributed by atoms with Crippen LogP contribution < -0.4 is 10.3 Å². The molecule has 0 aromatic carbocycles. The minimum Gasteiger partial charge on any atom is -0.370 e. The quantitative estimate of drug-likeness (QED) is 0.926. The van der Waals surface area contributed by atoms with E-state index in [1.54, 1.807) is 0 Å². The molecule has 0 aliphatic carbocycles. The summed E-state index contributed by atoms with van der Waals surface area (Å²) in [4.78, 5) is 3.41. The maximum absolute atomic E-state index is 9.62. The highest BCUT2D eigenvalue weighted by molar-refractivity contribution is 5.56. The summed E-state index contributed by atoms with van der Waals surface area (Å²) in [6, 6.07) is 2.39. The largest absolute Gasteiger partial charge is 0.370 e. The summed E-state index contributed by atoms with van der Waals surface area (Å²) in [5.41, 5.74) is 4.03. The minimum atomic E-state index is -0.208. The fourth-order valence-corrected chi connectivity index (χ4v) is 2.75. The van der Waals surface area contributed by atoms with Gasteiger partial charge in [-0.2, -0.15) is 5.26 Å². The first kappa shape index (κ1) is 15.8. The Bertz CT molecular complexity index is 570. The smallest absolute Gasteiger partial charge is 0.290 e. The lowest BCUT2D eigenvalue weighted by atomic mass is 9.87. The van der Waals surface area contributed by atoms with Crippen molar-refractivity contribution in [2.24, 2.45) is 5.92 Å². The number of ether oxygens (including phenoxy) is 1. The molecule has 1 aromatic heterocycles. The average molecular weight is 288 g/mol. The third kappa shape index (κ3) is 3.36. The van der Waals surface area contributed by atoms with Gasteiger partial charge in [-0.15, -0.1) is 0 Å². The molecular formula is C17H26N3O+. The monoisotopic (exact) mass is 288 g/mol. The number of fused-ring (bicyclic) bond motifs is 1. The molecule has 4 heteroatoms. The number of aromatic amines is 1. The van der Waals surface area contributed by atoms with E-state index in [0.717, 1.165) is 36.3 Å². The molecule has 2 N–H and O–H groups in total. The van der Waals surface area contributed by atoms with Crippen LogP contribution in [0, 0.1) is 17.2 Å². The average Bonchev–Trinajstić information content (AvgIpc) is 2.42. The Hall–Kier alpha value is -1.60. The van der Waals surface area contributed by atoms with E-state index in [0.29, 0.717) is 12.5 Å². The summed E-state index contributed by atoms with van der Waals surface area (Å²) in [5, 5.41) is 13.0. The first-order chi connectivity index (χ1) is 9.88. The number of anilines is 1. The van der Waals surface area contributed by atoms with E-state index < -0.39 is 0 Å². The third-order valence-electron chi connectivity index (χ3n) is 3.92. The van der Waals surface area contributed by atoms with Gasteiger partial charge in [0, 0.05) is 18.4 Å². The fraction of sp³-hybridized carbons (Fsp3) is 0.647. The van der Waals surface area contributed by atoms with Gasteiger partial charge >= 0.3 is 0 Å². The standard InChI is InChI=1S/C17H25N3O/c1-6-15-14-10-21-17(4,5)7-12(14)13(8-18)16(20-15)19-9-11(2)3/h11H,6-7,9-10H2,1-5H3,(H,19,20)/p+1. The molecule has 2 heterocycles. The van der Waals surface area contributed by atoms with Crippen molar-refractivity contribution in [2.75, 3.05) is 11.9 Å². The van der Waals surface area contributed by atoms with Crippen molar-refractivity contribution in [3.63, 3.8) is 0 Å². The van der Waals surface area contributed by atoms with Crippen LogP contribution in [0.1, 0.15) is 57.0 Å². The third-order valence-corrected chi connectivity index (χ3v) is 3.92. The first-order valence-corrected chi connectivity index (χ1v) is 7.75. The number of aromatic nitrogens is 1. The lowest BCUT2D eigenvalue weighted by Crippen LogP contribution is -2.36. The molecule has 21 heavy (non-hydrogen) atoms. The summed E-state index contributed by atoms with van der Waals surface area (Å²) in [6.07, 6.45) is 1.69. The minimum absolute atomic E-state index is 0.208. The number of aryl methyl sites for hydroxylation is 1. The predicted molar refractivity (Wildman–Crippen MR) is 83.0 cm³/mol. The topological polar surface area (TPSA) is 59.2 Å². The Labute approximate surface area is 127 Å². The lowest BCUT2D eigenvalue weighted by Gasteiger charge is -2.32. The van der Waals surface area contributed by atoms with Gasteiger partial charge in [-0.25, -0.2) is 4.98 Å². The molecule has 0 bridgehead atoms. The molecule has 0 atom stereocenters. The van der Waals surface area contributed by atoms with Crippen molar-refractivity contribution in [1.82, 2.24) is 0 Å². The number of nitrogens with zero attached hydrogens (tertiary/aromatic N) is 1. The number of hydrogen-bond donors (Lipinski definition) is 1. The number of pyridine rings is 1. The highest BCUT2D eigenvalue weighted by Crippen LogP contribution is 2.32. The van der Waals surface area contributed by atoms with Crippen molar-refractivity contribution >= 4 is 5.82 Å². The summed E-state index contributed by atoms with van der Waals surface area (Å²) >= 11 is 0. The molecule has 114 valence electrons. The maximum atomic E-state index is 9.62. The molecule has 0 amide bonds. The fourth-order valence-electron chi connectivity index (χ4n) is 2.75. The van der Waals surface area contributed by atoms with Crippen LogP contribution >= 0.6 is 0 Å². The summed E-state index contributed by atoms with van der Waals surface area (Å²) < 4.78 is 5.92. The molecule has 4 nitrogen and oxygen atoms in total. The van der Waals surface area contributed by atoms with Crippen molar-refractivity contribution in [2.45, 2.75) is 59.7 Å². The molecule has 1 aromatic rings. The van der Waals surface area contributed by atoms with Crippen LogP contribution in [0.4, 0.5) is 5.82 Å². The van der Waals surface area contributed by atoms with E-state index in [1.807, 2.05) is 0 Å². The Kier molecular flexibility index (Phi) is 4.53. The SMILES string of the molecule is CCc1[nH+]c(NCC(C)C)c(C#N)c2c1COC(C)(C)C2. The number of H-pyrrole nitrogens is 1. The zero-order chi connectivity index (χ0) is 15.6. The second kappa shape index (κ2) is 6.03. The number of hydrogen-bond acceptors (Lipinski definition) is 3. The molecule has 2 rings (SSSR count). The number of nitrogens with one attached hydrogen (secondary N) is 2. The van der Waals surface area contributed by atoms with Gasteiger partial charge in [-0.3, -0.25) is 5.32 Å². The van der Waals surface area contributed by atoms with Gasteiger partial charge in [0.05, 0.1) is 18.8 Å². The molecule has 0 fully saturated rings. The second-order valence-electron chi connectivity index (χ2n) is 6.78. The van der Waals surface area contributed by atoms with Crippen molar-refractivity contribution in [1.29, 1.82) is 5.26 Å². The van der Waals surface area contributed by atoms with E-state index in [2.05, 4.69) is 51.0 Å². The molecule has 1 aliphatic rings. The van der Waals surface area contributed by atoms with Crippen LogP contribution in [-0.2, 0) is 24.2 Å². The van der Waals surface area contributed by atoms with Gasteiger partial charge in [-0.05, 0) is 25.3 Å². The van der Waals surface area contributed by atoms with Crippen molar-refractivity contribution in [3.8, 4) is 6.07 Å². The first-order valence-electron chi connectivity index (χ1n) is 7.75. The van der Waals surface area contributed by atoms with Gasteiger partial charge in [-0.1, -0.05) is 20.8 Å². The highest BCUT2D eigenvalue weighted by atomic mass is 16.5. The van der Waals surface area contributed by atoms with Gasteiger partial charge in [0.25, 0.3) is 5.82 Å². The maximum Gasteiger partial charge on any atom is 0.290 e. The number of nitriles is 1. The van der Waals surface area contributed by atoms with Gasteiger partial charge < -0.3 is 4.74 Å². The Morgan fingerprint density at radius 1 is 1.38 bits per heavy atom. The van der Waals surface area contributed by atoms with E-state index in [1.165, 1.54) is 11.3 Å². The lowest BCUT2D eigenvalue weighted by molar-refractivity contribution is -0.375. The van der Waals surface area contributed by atoms with Crippen molar-refractivity contribution in [3.05, 3.63) is 22.4 Å². The summed E-state index contributed by atoms with van der Waals surface area (Å²) in [6.45, 7) is 12.1. The van der Waals surface area contributed by atoms with Crippen LogP contribution in [0.25, 0.3) is 0 Å². The Morgan fingerprint density at radius 2 is 2.10 bits per heavy atom. The van der Waals surface area contributed by atoms with Crippen LogP contribution in [0.5, 0.6) is 0 Å². The molecule has 0 spiro atoms. The van der Waals surface area contributed by atoms with Crippen molar-refractivity contribution < 1.29 is 9.72 Å². The predicted octanol–water partition coefficient (Wildman–Crippen LogP) is 2.85. The molecular weight excluding hydrogens is 262 g/mol. The molecule has 1 aliphatic heterocycles. The van der Waals surface area contributed by atoms with Crippen LogP contribution in [-0.4, -0.2) is 12.1 Å². The molecule has 0 radical (unpaired) electrons. The van der Waals surface area contributed by atoms with E-state index in [4.69, 9.17) is 4.74 Å². The van der Waals surface area contributed by atoms with Gasteiger partial charge in [0.1, 0.15) is 17.3 Å². The van der Waals surface area contributed by atoms with Gasteiger partial charge in [0.2, 0.25) is 0 Å². The number of rotatable bonds is 4. The normalized spacial score (nSPS) is 16.4. The zero-order valence-electron chi connectivity index (χ0n) is 13.8. The van der Waals surface area contributed by atoms with Crippen LogP contribution in [0.15, 0.2) is 0 Å². The Morgan fingerprint density at radius 3 is 2.67 bits per heavy atom. The highest BCUT2D eigenvalue weighted by Gasteiger charge is 2.33.